The van der Waals surface area contributed by atoms with E-state index in [1.165, 1.54) is 6.26 Å². The number of amides is 1. The Kier molecular flexibility index (Phi) is 3.26. The van der Waals surface area contributed by atoms with Crippen LogP contribution < -0.4 is 20.1 Å². The molecule has 0 atom stereocenters. The van der Waals surface area contributed by atoms with E-state index in [1.54, 1.807) is 30.3 Å². The van der Waals surface area contributed by atoms with Crippen LogP contribution in [0.15, 0.2) is 41.0 Å². The zero-order valence-electron chi connectivity index (χ0n) is 10.2. The van der Waals surface area contributed by atoms with Crippen molar-refractivity contribution in [1.29, 1.82) is 0 Å². The third-order valence-corrected chi connectivity index (χ3v) is 2.81. The fourth-order valence-corrected chi connectivity index (χ4v) is 1.92. The summed E-state index contributed by atoms with van der Waals surface area (Å²) in [6.45, 7) is 0.207. The number of carbonyl (C=O) groups excluding carboxylic acids is 1. The van der Waals surface area contributed by atoms with Gasteiger partial charge in [-0.05, 0) is 36.5 Å². The summed E-state index contributed by atoms with van der Waals surface area (Å²) in [7, 11) is 0. The van der Waals surface area contributed by atoms with Gasteiger partial charge in [0.05, 0.1) is 6.26 Å². The van der Waals surface area contributed by atoms with Gasteiger partial charge in [-0.3, -0.25) is 10.1 Å². The quantitative estimate of drug-likeness (QED) is 0.826. The Morgan fingerprint density at radius 2 is 2.05 bits per heavy atom. The summed E-state index contributed by atoms with van der Waals surface area (Å²) in [4.78, 5) is 11.7. The van der Waals surface area contributed by atoms with E-state index in [-0.39, 0.29) is 17.7 Å². The monoisotopic (exact) mass is 290 g/mol. The van der Waals surface area contributed by atoms with Crippen LogP contribution in [0.4, 0.5) is 5.69 Å². The molecule has 0 unspecified atom stereocenters. The maximum Gasteiger partial charge on any atom is 0.293 e. The number of anilines is 1. The number of benzene rings is 1. The number of carbonyl (C=O) groups is 1. The average molecular weight is 290 g/mol. The lowest BCUT2D eigenvalue weighted by molar-refractivity contribution is 0.0950. The smallest absolute Gasteiger partial charge is 0.293 e. The van der Waals surface area contributed by atoms with E-state index in [0.717, 1.165) is 0 Å². The lowest BCUT2D eigenvalue weighted by atomic mass is 10.3. The summed E-state index contributed by atoms with van der Waals surface area (Å²) in [6, 6.07) is 8.47. The molecule has 0 radical (unpaired) electrons. The Bertz CT molecular complexity index is 654. The zero-order valence-corrected chi connectivity index (χ0v) is 11.0. The number of nitrogens with one attached hydrogen (secondary N) is 2. The molecule has 1 aromatic heterocycles. The third-order valence-electron chi connectivity index (χ3n) is 2.60. The number of furan rings is 1. The fourth-order valence-electron chi connectivity index (χ4n) is 1.71. The topological polar surface area (TPSA) is 72.7 Å². The van der Waals surface area contributed by atoms with Crippen LogP contribution in [0.1, 0.15) is 10.6 Å². The van der Waals surface area contributed by atoms with Crippen molar-refractivity contribution in [3.8, 4) is 11.5 Å². The van der Waals surface area contributed by atoms with Crippen LogP contribution in [0.3, 0.4) is 0 Å². The maximum atomic E-state index is 11.7. The van der Waals surface area contributed by atoms with Gasteiger partial charge in [0.1, 0.15) is 0 Å². The van der Waals surface area contributed by atoms with Crippen molar-refractivity contribution in [2.45, 2.75) is 0 Å². The molecule has 0 saturated carbocycles. The number of thiocarbonyl (C=S) groups is 1. The molecule has 20 heavy (non-hydrogen) atoms. The summed E-state index contributed by atoms with van der Waals surface area (Å²) in [5, 5.41) is 5.57. The van der Waals surface area contributed by atoms with Crippen LogP contribution in [-0.4, -0.2) is 17.8 Å². The van der Waals surface area contributed by atoms with Crippen LogP contribution >= 0.6 is 12.2 Å². The predicted octanol–water partition coefficient (Wildman–Crippen LogP) is 2.14. The Hall–Kier alpha value is -2.54. The molecule has 3 rings (SSSR count). The van der Waals surface area contributed by atoms with E-state index < -0.39 is 5.91 Å². The molecule has 0 fully saturated rings. The molecule has 1 aliphatic heterocycles. The molecule has 6 nitrogen and oxygen atoms in total. The van der Waals surface area contributed by atoms with Crippen molar-refractivity contribution in [3.63, 3.8) is 0 Å². The lowest BCUT2D eigenvalue weighted by Crippen LogP contribution is -2.33. The number of fused-ring (bicyclic) bond motifs is 1. The van der Waals surface area contributed by atoms with Gasteiger partial charge in [-0.2, -0.15) is 0 Å². The van der Waals surface area contributed by atoms with Crippen molar-refractivity contribution in [2.24, 2.45) is 0 Å². The van der Waals surface area contributed by atoms with Gasteiger partial charge in [-0.25, -0.2) is 0 Å². The zero-order chi connectivity index (χ0) is 13.9. The first-order chi connectivity index (χ1) is 9.72. The van der Waals surface area contributed by atoms with Crippen molar-refractivity contribution in [1.82, 2.24) is 5.32 Å². The summed E-state index contributed by atoms with van der Waals surface area (Å²) in [6.07, 6.45) is 1.42. The summed E-state index contributed by atoms with van der Waals surface area (Å²) in [5.41, 5.74) is 0.694. The molecule has 0 bridgehead atoms. The second-order valence-corrected chi connectivity index (χ2v) is 4.36. The molecule has 1 amide bonds. The van der Waals surface area contributed by atoms with Crippen molar-refractivity contribution in [3.05, 3.63) is 42.4 Å². The molecule has 0 aliphatic carbocycles. The highest BCUT2D eigenvalue weighted by molar-refractivity contribution is 7.80. The molecule has 7 heteroatoms. The molecule has 1 aliphatic rings. The number of ether oxygens (including phenoxy) is 2. The number of hydrogen-bond donors (Lipinski definition) is 2. The molecular weight excluding hydrogens is 280 g/mol. The van der Waals surface area contributed by atoms with Gasteiger partial charge in [0, 0.05) is 11.8 Å². The molecule has 0 saturated heterocycles. The van der Waals surface area contributed by atoms with Crippen LogP contribution in [0.2, 0.25) is 0 Å². The second kappa shape index (κ2) is 5.22. The highest BCUT2D eigenvalue weighted by atomic mass is 32.1. The standard InChI is InChI=1S/C13H10N2O4S/c16-12(10-2-1-5-17-10)15-13(20)14-8-3-4-9-11(6-8)19-7-18-9/h1-6H,7H2,(H2,14,15,16,20). The van der Waals surface area contributed by atoms with Crippen molar-refractivity contribution >= 4 is 28.9 Å². The van der Waals surface area contributed by atoms with Gasteiger partial charge in [-0.15, -0.1) is 0 Å². The Balaban J connectivity index is 1.63. The Morgan fingerprint density at radius 1 is 1.20 bits per heavy atom. The first-order valence-corrected chi connectivity index (χ1v) is 6.19. The minimum Gasteiger partial charge on any atom is -0.459 e. The van der Waals surface area contributed by atoms with Gasteiger partial charge in [0.2, 0.25) is 6.79 Å². The molecule has 0 spiro atoms. The predicted molar refractivity (Wildman–Crippen MR) is 75.0 cm³/mol. The molecule has 2 heterocycles. The molecule has 102 valence electrons. The van der Waals surface area contributed by atoms with E-state index in [9.17, 15) is 4.79 Å². The van der Waals surface area contributed by atoms with Gasteiger partial charge in [0.15, 0.2) is 22.4 Å². The number of rotatable bonds is 2. The first kappa shape index (κ1) is 12.5. The Labute approximate surface area is 119 Å². The van der Waals surface area contributed by atoms with E-state index in [1.807, 2.05) is 0 Å². The van der Waals surface area contributed by atoms with Gasteiger partial charge < -0.3 is 19.2 Å². The largest absolute Gasteiger partial charge is 0.459 e. The third kappa shape index (κ3) is 2.57. The fraction of sp³-hybridized carbons (Fsp3) is 0.0769. The summed E-state index contributed by atoms with van der Waals surface area (Å²) >= 11 is 5.06. The minimum absolute atomic E-state index is 0.172. The summed E-state index contributed by atoms with van der Waals surface area (Å²) in [5.74, 6) is 1.10. The van der Waals surface area contributed by atoms with Crippen LogP contribution in [0, 0.1) is 0 Å². The molecule has 2 N–H and O–H groups in total. The first-order valence-electron chi connectivity index (χ1n) is 5.78. The number of hydrogen-bond acceptors (Lipinski definition) is 5. The summed E-state index contributed by atoms with van der Waals surface area (Å²) < 4.78 is 15.4. The highest BCUT2D eigenvalue weighted by Crippen LogP contribution is 2.34. The molecule has 1 aromatic carbocycles. The van der Waals surface area contributed by atoms with E-state index >= 15 is 0 Å². The molecular formula is C13H10N2O4S. The van der Waals surface area contributed by atoms with Crippen LogP contribution in [-0.2, 0) is 0 Å². The van der Waals surface area contributed by atoms with E-state index in [4.69, 9.17) is 26.1 Å². The highest BCUT2D eigenvalue weighted by Gasteiger charge is 2.14. The maximum absolute atomic E-state index is 11.7. The Morgan fingerprint density at radius 3 is 2.85 bits per heavy atom. The van der Waals surface area contributed by atoms with Crippen molar-refractivity contribution < 1.29 is 18.7 Å². The normalized spacial score (nSPS) is 12.0. The average Bonchev–Trinajstić information content (AvgIpc) is 3.09. The lowest BCUT2D eigenvalue weighted by Gasteiger charge is -2.09. The van der Waals surface area contributed by atoms with Gasteiger partial charge >= 0.3 is 0 Å². The van der Waals surface area contributed by atoms with Gasteiger partial charge in [0.25, 0.3) is 5.91 Å². The van der Waals surface area contributed by atoms with E-state index in [0.29, 0.717) is 17.2 Å². The van der Waals surface area contributed by atoms with Crippen molar-refractivity contribution in [2.75, 3.05) is 12.1 Å². The SMILES string of the molecule is O=C(NC(=S)Nc1ccc2c(c1)OCO2)c1ccco1. The van der Waals surface area contributed by atoms with Crippen LogP contribution in [0.25, 0.3) is 0 Å². The second-order valence-electron chi connectivity index (χ2n) is 3.95. The van der Waals surface area contributed by atoms with Crippen LogP contribution in [0.5, 0.6) is 11.5 Å². The van der Waals surface area contributed by atoms with E-state index in [2.05, 4.69) is 10.6 Å². The molecule has 2 aromatic rings. The van der Waals surface area contributed by atoms with Gasteiger partial charge in [-0.1, -0.05) is 0 Å². The minimum atomic E-state index is -0.409.